The quantitative estimate of drug-likeness (QED) is 0.219. The van der Waals surface area contributed by atoms with E-state index in [0.717, 1.165) is 30.0 Å². The Morgan fingerprint density at radius 2 is 1.77 bits per heavy atom. The number of aryl methyl sites for hydroxylation is 1. The largest absolute Gasteiger partial charge is 0.470 e. The van der Waals surface area contributed by atoms with E-state index in [9.17, 15) is 4.79 Å². The van der Waals surface area contributed by atoms with Crippen LogP contribution in [0.1, 0.15) is 81.7 Å². The van der Waals surface area contributed by atoms with Gasteiger partial charge in [-0.3, -0.25) is 4.68 Å². The van der Waals surface area contributed by atoms with Gasteiger partial charge in [0.1, 0.15) is 12.7 Å². The summed E-state index contributed by atoms with van der Waals surface area (Å²) in [5, 5.41) is 4.50. The Morgan fingerprint density at radius 1 is 1.02 bits per heavy atom. The Balaban J connectivity index is 1.35. The van der Waals surface area contributed by atoms with Crippen LogP contribution >= 0.6 is 0 Å². The van der Waals surface area contributed by atoms with Crippen molar-refractivity contribution >= 4 is 11.8 Å². The molecule has 0 spiro atoms. The van der Waals surface area contributed by atoms with Crippen molar-refractivity contribution in [2.45, 2.75) is 84.5 Å². The van der Waals surface area contributed by atoms with Gasteiger partial charge in [0.15, 0.2) is 0 Å². The number of pyridine rings is 1. The van der Waals surface area contributed by atoms with E-state index in [2.05, 4.69) is 78.6 Å². The van der Waals surface area contributed by atoms with Gasteiger partial charge in [-0.05, 0) is 85.0 Å². The molecule has 0 radical (unpaired) electrons. The lowest BCUT2D eigenvalue weighted by Gasteiger charge is -2.44. The summed E-state index contributed by atoms with van der Waals surface area (Å²) in [5.74, 6) is 1.20. The molecule has 3 heterocycles. The lowest BCUT2D eigenvalue weighted by Crippen LogP contribution is -2.43. The number of nitrogens with zero attached hydrogens (tertiary/aromatic N) is 4. The number of benzene rings is 2. The number of aromatic nitrogens is 3. The molecule has 1 fully saturated rings. The molecule has 44 heavy (non-hydrogen) atoms. The van der Waals surface area contributed by atoms with E-state index in [0.29, 0.717) is 5.88 Å². The molecule has 2 aromatic heterocycles. The summed E-state index contributed by atoms with van der Waals surface area (Å²) >= 11 is 0. The van der Waals surface area contributed by atoms with E-state index < -0.39 is 12.2 Å². The maximum Gasteiger partial charge on any atom is 0.404 e. The fourth-order valence-electron chi connectivity index (χ4n) is 6.20. The highest BCUT2D eigenvalue weighted by Gasteiger charge is 2.35. The SMILES string of the molecule is CCn1cc(-c2ccc3c(c2)C[C@@H](C)N(c2ccc(C4CC4)cc2)[C@@H]3c2ccc(OC(COC(N)=O)C(C)(C)C)nc2)cn1. The maximum absolute atomic E-state index is 11.3. The number of hydrogen-bond acceptors (Lipinski definition) is 6. The van der Waals surface area contributed by atoms with Crippen LogP contribution in [0.2, 0.25) is 0 Å². The highest BCUT2D eigenvalue weighted by Crippen LogP contribution is 2.44. The number of primary amides is 1. The molecule has 1 aliphatic heterocycles. The molecule has 2 aromatic carbocycles. The first-order valence-electron chi connectivity index (χ1n) is 15.7. The third-order valence-electron chi connectivity index (χ3n) is 8.92. The van der Waals surface area contributed by atoms with E-state index in [1.165, 1.54) is 40.8 Å². The summed E-state index contributed by atoms with van der Waals surface area (Å²) < 4.78 is 13.3. The Labute approximate surface area is 260 Å². The molecule has 0 bridgehead atoms. The van der Waals surface area contributed by atoms with Gasteiger partial charge in [-0.1, -0.05) is 51.1 Å². The van der Waals surface area contributed by atoms with E-state index in [1.807, 2.05) is 43.9 Å². The molecule has 1 aliphatic carbocycles. The molecule has 3 atom stereocenters. The average molecular weight is 594 g/mol. The molecule has 2 N–H and O–H groups in total. The van der Waals surface area contributed by atoms with Crippen molar-refractivity contribution in [2.75, 3.05) is 11.5 Å². The molecule has 0 saturated heterocycles. The first kappa shape index (κ1) is 29.7. The van der Waals surface area contributed by atoms with Crippen LogP contribution < -0.4 is 15.4 Å². The van der Waals surface area contributed by atoms with Crippen LogP contribution in [0.4, 0.5) is 10.5 Å². The number of rotatable bonds is 9. The number of nitrogens with two attached hydrogens (primary N) is 1. The maximum atomic E-state index is 11.3. The fraction of sp³-hybridized carbons (Fsp3) is 0.417. The highest BCUT2D eigenvalue weighted by molar-refractivity contribution is 5.66. The van der Waals surface area contributed by atoms with Gasteiger partial charge in [0.05, 0.1) is 12.2 Å². The Kier molecular flexibility index (Phi) is 8.10. The first-order chi connectivity index (χ1) is 21.1. The van der Waals surface area contributed by atoms with Crippen LogP contribution in [0.25, 0.3) is 11.1 Å². The van der Waals surface area contributed by atoms with E-state index in [4.69, 9.17) is 20.2 Å². The zero-order valence-electron chi connectivity index (χ0n) is 26.4. The Morgan fingerprint density at radius 3 is 2.39 bits per heavy atom. The smallest absolute Gasteiger partial charge is 0.404 e. The number of anilines is 1. The molecule has 8 heteroatoms. The van der Waals surface area contributed by atoms with Crippen LogP contribution in [0.15, 0.2) is 73.2 Å². The molecule has 1 saturated carbocycles. The number of hydrogen-bond donors (Lipinski definition) is 1. The van der Waals surface area contributed by atoms with E-state index in [1.54, 1.807) is 0 Å². The van der Waals surface area contributed by atoms with Crippen LogP contribution in [0, 0.1) is 5.41 Å². The Hall–Kier alpha value is -4.33. The van der Waals surface area contributed by atoms with Gasteiger partial charge >= 0.3 is 6.09 Å². The topological polar surface area (TPSA) is 95.5 Å². The zero-order valence-corrected chi connectivity index (χ0v) is 26.4. The third-order valence-corrected chi connectivity index (χ3v) is 8.92. The standard InChI is InChI=1S/C36H43N5O3/c1-6-40-21-29(20-39-40)26-11-15-31-28(18-26)17-23(2)41(30-13-9-25(10-14-30)24-7-8-24)34(31)27-12-16-33(38-19-27)44-32(36(3,4)5)22-43-35(37)42/h9-16,18-21,23-24,32,34H,6-8,17,22H2,1-5H3,(H2,37,42)/t23-,32?,34-/m1/s1. The van der Waals surface area contributed by atoms with Crippen molar-refractivity contribution in [3.8, 4) is 17.0 Å². The molecule has 2 aliphatic rings. The molecule has 1 amide bonds. The van der Waals surface area contributed by atoms with Gasteiger partial charge in [-0.25, -0.2) is 9.78 Å². The lowest BCUT2D eigenvalue weighted by atomic mass is 9.83. The fourth-order valence-corrected chi connectivity index (χ4v) is 6.20. The molecule has 1 unspecified atom stereocenters. The van der Waals surface area contributed by atoms with Crippen molar-refractivity contribution in [3.63, 3.8) is 0 Å². The summed E-state index contributed by atoms with van der Waals surface area (Å²) in [5.41, 5.74) is 13.6. The minimum absolute atomic E-state index is 0.0221. The van der Waals surface area contributed by atoms with Crippen molar-refractivity contribution in [2.24, 2.45) is 11.1 Å². The van der Waals surface area contributed by atoms with Crippen molar-refractivity contribution in [1.29, 1.82) is 0 Å². The second-order valence-corrected chi connectivity index (χ2v) is 13.3. The van der Waals surface area contributed by atoms with Crippen molar-refractivity contribution < 1.29 is 14.3 Å². The number of carbonyl (C=O) groups excluding carboxylic acids is 1. The summed E-state index contributed by atoms with van der Waals surface area (Å²) in [6.07, 6.45) is 8.28. The first-order valence-corrected chi connectivity index (χ1v) is 15.7. The Bertz CT molecular complexity index is 1600. The van der Waals surface area contributed by atoms with Crippen LogP contribution in [-0.2, 0) is 17.7 Å². The molecule has 8 nitrogen and oxygen atoms in total. The van der Waals surface area contributed by atoms with Gasteiger partial charge in [-0.2, -0.15) is 5.10 Å². The predicted octanol–water partition coefficient (Wildman–Crippen LogP) is 7.27. The summed E-state index contributed by atoms with van der Waals surface area (Å²) in [6, 6.07) is 20.3. The molecular formula is C36H43N5O3. The van der Waals surface area contributed by atoms with Gasteiger partial charge in [0.25, 0.3) is 0 Å². The predicted molar refractivity (Wildman–Crippen MR) is 173 cm³/mol. The molecule has 230 valence electrons. The number of amides is 1. The lowest BCUT2D eigenvalue weighted by molar-refractivity contribution is 0.0211. The minimum Gasteiger partial charge on any atom is -0.470 e. The highest BCUT2D eigenvalue weighted by atomic mass is 16.6. The van der Waals surface area contributed by atoms with E-state index in [-0.39, 0.29) is 24.1 Å². The van der Waals surface area contributed by atoms with E-state index >= 15 is 0 Å². The molecular weight excluding hydrogens is 550 g/mol. The van der Waals surface area contributed by atoms with Gasteiger partial charge in [0, 0.05) is 47.7 Å². The van der Waals surface area contributed by atoms with Gasteiger partial charge in [-0.15, -0.1) is 0 Å². The zero-order chi connectivity index (χ0) is 31.0. The van der Waals surface area contributed by atoms with Crippen LogP contribution in [0.5, 0.6) is 5.88 Å². The minimum atomic E-state index is -0.816. The van der Waals surface area contributed by atoms with Crippen LogP contribution in [-0.4, -0.2) is 39.6 Å². The number of ether oxygens (including phenoxy) is 2. The number of carbonyl (C=O) groups is 1. The van der Waals surface area contributed by atoms with Crippen molar-refractivity contribution in [1.82, 2.24) is 14.8 Å². The normalized spacial score (nSPS) is 18.9. The second-order valence-electron chi connectivity index (χ2n) is 13.3. The molecule has 4 aromatic rings. The summed E-state index contributed by atoms with van der Waals surface area (Å²) in [6.45, 7) is 11.4. The second kappa shape index (κ2) is 12.0. The summed E-state index contributed by atoms with van der Waals surface area (Å²) in [7, 11) is 0. The molecule has 6 rings (SSSR count). The number of fused-ring (bicyclic) bond motifs is 1. The monoisotopic (exact) mass is 593 g/mol. The van der Waals surface area contributed by atoms with Crippen LogP contribution in [0.3, 0.4) is 0 Å². The van der Waals surface area contributed by atoms with Gasteiger partial charge < -0.3 is 20.1 Å². The third kappa shape index (κ3) is 6.30. The summed E-state index contributed by atoms with van der Waals surface area (Å²) in [4.78, 5) is 18.6. The van der Waals surface area contributed by atoms with Crippen molar-refractivity contribution in [3.05, 3.63) is 95.4 Å². The average Bonchev–Trinajstić information content (AvgIpc) is 3.74. The van der Waals surface area contributed by atoms with Gasteiger partial charge in [0.2, 0.25) is 5.88 Å².